The summed E-state index contributed by atoms with van der Waals surface area (Å²) in [5.74, 6) is 0.481. The highest BCUT2D eigenvalue weighted by molar-refractivity contribution is 5.86. The van der Waals surface area contributed by atoms with Crippen LogP contribution in [0.5, 0.6) is 0 Å². The number of nitrogens with zero attached hydrogens (tertiary/aromatic N) is 5. The number of hydrogen-bond acceptors (Lipinski definition) is 5. The van der Waals surface area contributed by atoms with Gasteiger partial charge in [0.2, 0.25) is 5.95 Å². The van der Waals surface area contributed by atoms with Gasteiger partial charge in [0.25, 0.3) is 0 Å². The Hall–Kier alpha value is -2.83. The van der Waals surface area contributed by atoms with Crippen molar-refractivity contribution in [3.8, 4) is 0 Å². The van der Waals surface area contributed by atoms with E-state index in [2.05, 4.69) is 50.7 Å². The first-order valence-corrected chi connectivity index (χ1v) is 9.77. The molecule has 1 aliphatic rings. The maximum absolute atomic E-state index is 13.8. The van der Waals surface area contributed by atoms with Crippen molar-refractivity contribution in [3.05, 3.63) is 47.3 Å². The number of hydrogen-bond donors (Lipinski definition) is 1. The average Bonchev–Trinajstić information content (AvgIpc) is 2.96. The third-order valence-electron chi connectivity index (χ3n) is 4.92. The lowest BCUT2D eigenvalue weighted by atomic mass is 9.97. The van der Waals surface area contributed by atoms with Gasteiger partial charge in [0, 0.05) is 18.3 Å². The summed E-state index contributed by atoms with van der Waals surface area (Å²) >= 11 is 0. The van der Waals surface area contributed by atoms with Gasteiger partial charge in [-0.05, 0) is 63.3 Å². The summed E-state index contributed by atoms with van der Waals surface area (Å²) < 4.78 is 15.7. The van der Waals surface area contributed by atoms with Crippen LogP contribution < -0.4 is 5.32 Å². The molecule has 3 aromatic rings. The Morgan fingerprint density at radius 3 is 2.93 bits per heavy atom. The summed E-state index contributed by atoms with van der Waals surface area (Å²) in [5.41, 5.74) is 4.89. The van der Waals surface area contributed by atoms with Crippen molar-refractivity contribution in [2.24, 2.45) is 0 Å². The van der Waals surface area contributed by atoms with E-state index in [0.29, 0.717) is 5.95 Å². The first-order valence-electron chi connectivity index (χ1n) is 9.77. The van der Waals surface area contributed by atoms with Crippen LogP contribution in [0.15, 0.2) is 30.5 Å². The third kappa shape index (κ3) is 3.74. The van der Waals surface area contributed by atoms with Crippen LogP contribution in [-0.2, 0) is 13.0 Å². The molecule has 146 valence electrons. The number of anilines is 1. The van der Waals surface area contributed by atoms with Crippen molar-refractivity contribution in [3.63, 3.8) is 0 Å². The van der Waals surface area contributed by atoms with E-state index in [9.17, 15) is 4.39 Å². The van der Waals surface area contributed by atoms with E-state index in [-0.39, 0.29) is 6.54 Å². The van der Waals surface area contributed by atoms with E-state index in [0.717, 1.165) is 59.2 Å². The van der Waals surface area contributed by atoms with Crippen molar-refractivity contribution < 1.29 is 4.39 Å². The molecule has 0 saturated carbocycles. The predicted molar refractivity (Wildman–Crippen MR) is 109 cm³/mol. The highest BCUT2D eigenvalue weighted by Crippen LogP contribution is 2.31. The molecular weight excluding hydrogens is 355 g/mol. The zero-order chi connectivity index (χ0) is 19.7. The molecule has 1 aromatic carbocycles. The van der Waals surface area contributed by atoms with Gasteiger partial charge >= 0.3 is 0 Å². The molecule has 1 N–H and O–H groups in total. The van der Waals surface area contributed by atoms with Crippen LogP contribution in [0.3, 0.4) is 0 Å². The van der Waals surface area contributed by atoms with Gasteiger partial charge in [0.1, 0.15) is 11.2 Å². The van der Waals surface area contributed by atoms with Crippen LogP contribution in [-0.4, -0.2) is 37.2 Å². The Morgan fingerprint density at radius 2 is 2.14 bits per heavy atom. The Labute approximate surface area is 163 Å². The second-order valence-electron chi connectivity index (χ2n) is 7.74. The molecule has 2 heterocycles. The molecule has 0 saturated heterocycles. The standard InChI is InChI=1S/C21H25FN6/c1-4-28-19-11-14(9-10-18(19)26-27-28)15-7-5-6-8-17-16(15)12-23-20(25-17)24-13-21(2,3)22/h7,9-12H,4-6,8,13H2,1-3H3,(H,23,24,25). The molecule has 4 rings (SSSR count). The number of benzene rings is 1. The lowest BCUT2D eigenvalue weighted by Gasteiger charge is -2.16. The fourth-order valence-corrected chi connectivity index (χ4v) is 3.47. The molecule has 6 nitrogen and oxygen atoms in total. The van der Waals surface area contributed by atoms with Crippen molar-refractivity contribution in [1.82, 2.24) is 25.0 Å². The Bertz CT molecular complexity index is 1030. The first-order chi connectivity index (χ1) is 13.4. The summed E-state index contributed by atoms with van der Waals surface area (Å²) in [6, 6.07) is 6.22. The van der Waals surface area contributed by atoms with Crippen molar-refractivity contribution in [2.75, 3.05) is 11.9 Å². The maximum Gasteiger partial charge on any atom is 0.222 e. The smallest absolute Gasteiger partial charge is 0.222 e. The molecule has 0 atom stereocenters. The summed E-state index contributed by atoms with van der Waals surface area (Å²) in [5, 5.41) is 11.4. The molecule has 0 radical (unpaired) electrons. The summed E-state index contributed by atoms with van der Waals surface area (Å²) in [7, 11) is 0. The van der Waals surface area contributed by atoms with Gasteiger partial charge in [-0.1, -0.05) is 17.4 Å². The normalized spacial score (nSPS) is 14.5. The van der Waals surface area contributed by atoms with Crippen LogP contribution in [0.4, 0.5) is 10.3 Å². The van der Waals surface area contributed by atoms with E-state index in [1.807, 2.05) is 16.9 Å². The van der Waals surface area contributed by atoms with E-state index < -0.39 is 5.67 Å². The fourth-order valence-electron chi connectivity index (χ4n) is 3.47. The van der Waals surface area contributed by atoms with Crippen molar-refractivity contribution in [1.29, 1.82) is 0 Å². The minimum atomic E-state index is -1.31. The fraction of sp³-hybridized carbons (Fsp3) is 0.429. The molecule has 0 aliphatic heterocycles. The minimum Gasteiger partial charge on any atom is -0.351 e. The number of aryl methyl sites for hydroxylation is 2. The quantitative estimate of drug-likeness (QED) is 0.719. The summed E-state index contributed by atoms with van der Waals surface area (Å²) in [6.07, 6.45) is 7.00. The molecule has 0 bridgehead atoms. The number of rotatable bonds is 5. The lowest BCUT2D eigenvalue weighted by Crippen LogP contribution is -2.25. The highest BCUT2D eigenvalue weighted by Gasteiger charge is 2.19. The van der Waals surface area contributed by atoms with Crippen LogP contribution in [0.1, 0.15) is 50.4 Å². The molecule has 0 amide bonds. The van der Waals surface area contributed by atoms with Gasteiger partial charge in [-0.25, -0.2) is 19.0 Å². The van der Waals surface area contributed by atoms with Crippen LogP contribution in [0.25, 0.3) is 16.6 Å². The minimum absolute atomic E-state index is 0.180. The number of fused-ring (bicyclic) bond motifs is 2. The van der Waals surface area contributed by atoms with Gasteiger partial charge in [-0.15, -0.1) is 5.10 Å². The predicted octanol–water partition coefficient (Wildman–Crippen LogP) is 4.17. The van der Waals surface area contributed by atoms with Gasteiger partial charge in [0.15, 0.2) is 0 Å². The topological polar surface area (TPSA) is 68.5 Å². The number of halogens is 1. The first kappa shape index (κ1) is 18.5. The number of allylic oxidation sites excluding steroid dienone is 1. The van der Waals surface area contributed by atoms with Gasteiger partial charge in [0.05, 0.1) is 17.8 Å². The maximum atomic E-state index is 13.8. The number of aromatic nitrogens is 5. The second kappa shape index (κ2) is 7.30. The third-order valence-corrected chi connectivity index (χ3v) is 4.92. The lowest BCUT2D eigenvalue weighted by molar-refractivity contribution is 0.234. The van der Waals surface area contributed by atoms with Crippen LogP contribution >= 0.6 is 0 Å². The Balaban J connectivity index is 1.71. The van der Waals surface area contributed by atoms with Crippen molar-refractivity contribution in [2.45, 2.75) is 52.2 Å². The van der Waals surface area contributed by atoms with Gasteiger partial charge in [-0.3, -0.25) is 0 Å². The average molecular weight is 380 g/mol. The summed E-state index contributed by atoms with van der Waals surface area (Å²) in [6.45, 7) is 6.09. The largest absolute Gasteiger partial charge is 0.351 e. The Kier molecular flexibility index (Phi) is 4.83. The van der Waals surface area contributed by atoms with E-state index >= 15 is 0 Å². The zero-order valence-corrected chi connectivity index (χ0v) is 16.5. The molecule has 28 heavy (non-hydrogen) atoms. The SMILES string of the molecule is CCn1nnc2ccc(C3=CCCCc4nc(NCC(C)(C)F)ncc43)cc21. The molecule has 2 aromatic heterocycles. The molecule has 0 unspecified atom stereocenters. The molecular formula is C21H25FN6. The Morgan fingerprint density at radius 1 is 1.29 bits per heavy atom. The van der Waals surface area contributed by atoms with Crippen LogP contribution in [0, 0.1) is 0 Å². The summed E-state index contributed by atoms with van der Waals surface area (Å²) in [4.78, 5) is 9.12. The highest BCUT2D eigenvalue weighted by atomic mass is 19.1. The van der Waals surface area contributed by atoms with E-state index in [1.54, 1.807) is 0 Å². The van der Waals surface area contributed by atoms with Gasteiger partial charge in [-0.2, -0.15) is 0 Å². The molecule has 0 fully saturated rings. The van der Waals surface area contributed by atoms with Crippen LogP contribution in [0.2, 0.25) is 0 Å². The van der Waals surface area contributed by atoms with Crippen molar-refractivity contribution >= 4 is 22.6 Å². The second-order valence-corrected chi connectivity index (χ2v) is 7.74. The monoisotopic (exact) mass is 380 g/mol. The number of alkyl halides is 1. The molecule has 7 heteroatoms. The molecule has 1 aliphatic carbocycles. The number of nitrogens with one attached hydrogen (secondary N) is 1. The zero-order valence-electron chi connectivity index (χ0n) is 16.5. The van der Waals surface area contributed by atoms with E-state index in [4.69, 9.17) is 0 Å². The van der Waals surface area contributed by atoms with Gasteiger partial charge < -0.3 is 5.32 Å². The molecule has 0 spiro atoms. The van der Waals surface area contributed by atoms with E-state index in [1.165, 1.54) is 13.8 Å².